The smallest absolute Gasteiger partial charge is 0.135 e. The van der Waals surface area contributed by atoms with Crippen LogP contribution >= 0.6 is 0 Å². The summed E-state index contributed by atoms with van der Waals surface area (Å²) < 4.78 is 0. The molecule has 0 bridgehead atoms. The summed E-state index contributed by atoms with van der Waals surface area (Å²) >= 11 is 0. The van der Waals surface area contributed by atoms with Gasteiger partial charge in [-0.2, -0.15) is 0 Å². The highest BCUT2D eigenvalue weighted by Gasteiger charge is 2.25. The van der Waals surface area contributed by atoms with E-state index in [2.05, 4.69) is 30.2 Å². The molecule has 0 atom stereocenters. The molecule has 1 aliphatic heterocycles. The van der Waals surface area contributed by atoms with Crippen LogP contribution in [0.1, 0.15) is 30.5 Å². The highest BCUT2D eigenvalue weighted by molar-refractivity contribution is 5.51. The molecule has 0 unspecified atom stereocenters. The number of rotatable bonds is 4. The predicted octanol–water partition coefficient (Wildman–Crippen LogP) is 1.90. The van der Waals surface area contributed by atoms with Gasteiger partial charge in [0.15, 0.2) is 0 Å². The van der Waals surface area contributed by atoms with Crippen molar-refractivity contribution in [3.8, 4) is 0 Å². The summed E-state index contributed by atoms with van der Waals surface area (Å²) in [5.74, 6) is 2.99. The fourth-order valence-electron chi connectivity index (χ4n) is 3.73. The fourth-order valence-corrected chi connectivity index (χ4v) is 3.73. The highest BCUT2D eigenvalue weighted by atomic mass is 15.2. The Morgan fingerprint density at radius 1 is 1.04 bits per heavy atom. The van der Waals surface area contributed by atoms with E-state index >= 15 is 0 Å². The van der Waals surface area contributed by atoms with E-state index in [4.69, 9.17) is 0 Å². The Morgan fingerprint density at radius 3 is 2.64 bits per heavy atom. The Hall–Kier alpha value is -2.44. The summed E-state index contributed by atoms with van der Waals surface area (Å²) in [6, 6.07) is 2.44. The molecule has 25 heavy (non-hydrogen) atoms. The van der Waals surface area contributed by atoms with Crippen molar-refractivity contribution < 1.29 is 0 Å². The second-order valence-corrected chi connectivity index (χ2v) is 7.04. The van der Waals surface area contributed by atoms with Gasteiger partial charge in [0.1, 0.15) is 30.1 Å². The summed E-state index contributed by atoms with van der Waals surface area (Å²) in [4.78, 5) is 22.1. The van der Waals surface area contributed by atoms with Crippen LogP contribution in [0.4, 0.5) is 17.5 Å². The van der Waals surface area contributed by atoms with E-state index < -0.39 is 0 Å². The molecule has 0 amide bonds. The number of piperidine rings is 1. The second kappa shape index (κ2) is 6.82. The molecule has 1 fully saturated rings. The van der Waals surface area contributed by atoms with Gasteiger partial charge in [0, 0.05) is 50.6 Å². The first kappa shape index (κ1) is 16.1. The fraction of sp³-hybridized carbons (Fsp3) is 0.556. The lowest BCUT2D eigenvalue weighted by molar-refractivity contribution is 0.521. The minimum Gasteiger partial charge on any atom is -0.367 e. The maximum Gasteiger partial charge on any atom is 0.135 e. The monoisotopic (exact) mass is 339 g/mol. The topological polar surface area (TPSA) is 70.1 Å². The maximum absolute atomic E-state index is 4.58. The molecule has 7 heteroatoms. The van der Waals surface area contributed by atoms with Gasteiger partial charge in [-0.25, -0.2) is 19.9 Å². The highest BCUT2D eigenvalue weighted by Crippen LogP contribution is 2.30. The Morgan fingerprint density at radius 2 is 1.84 bits per heavy atom. The zero-order valence-corrected chi connectivity index (χ0v) is 14.9. The molecule has 3 heterocycles. The van der Waals surface area contributed by atoms with Crippen molar-refractivity contribution >= 4 is 17.5 Å². The molecule has 0 saturated carbocycles. The van der Waals surface area contributed by atoms with Crippen LogP contribution in [0.15, 0.2) is 18.7 Å². The van der Waals surface area contributed by atoms with Gasteiger partial charge in [-0.3, -0.25) is 0 Å². The van der Waals surface area contributed by atoms with Crippen LogP contribution in [0.5, 0.6) is 0 Å². The van der Waals surface area contributed by atoms with Gasteiger partial charge in [-0.05, 0) is 32.1 Å². The molecular formula is C18H25N7. The van der Waals surface area contributed by atoms with E-state index in [1.807, 2.05) is 25.1 Å². The third-order valence-corrected chi connectivity index (χ3v) is 5.11. The first-order valence-corrected chi connectivity index (χ1v) is 9.04. The average molecular weight is 339 g/mol. The van der Waals surface area contributed by atoms with Crippen molar-refractivity contribution in [2.75, 3.05) is 42.3 Å². The van der Waals surface area contributed by atoms with E-state index in [1.165, 1.54) is 17.7 Å². The largest absolute Gasteiger partial charge is 0.367 e. The summed E-state index contributed by atoms with van der Waals surface area (Å²) in [6.07, 6.45) is 8.95. The first-order chi connectivity index (χ1) is 12.2. The van der Waals surface area contributed by atoms with Crippen molar-refractivity contribution in [3.63, 3.8) is 0 Å². The molecule has 4 rings (SSSR count). The van der Waals surface area contributed by atoms with Gasteiger partial charge in [-0.15, -0.1) is 0 Å². The number of hydrogen-bond acceptors (Lipinski definition) is 7. The summed E-state index contributed by atoms with van der Waals surface area (Å²) in [6.45, 7) is 2.04. The van der Waals surface area contributed by atoms with Crippen molar-refractivity contribution in [3.05, 3.63) is 30.0 Å². The van der Waals surface area contributed by atoms with Crippen LogP contribution < -0.4 is 15.1 Å². The number of fused-ring (bicyclic) bond motifs is 1. The van der Waals surface area contributed by atoms with E-state index in [0.29, 0.717) is 6.04 Å². The van der Waals surface area contributed by atoms with Crippen molar-refractivity contribution in [2.45, 2.75) is 38.1 Å². The lowest BCUT2D eigenvalue weighted by atomic mass is 10.0. The average Bonchev–Trinajstić information content (AvgIpc) is 3.11. The summed E-state index contributed by atoms with van der Waals surface area (Å²) in [5, 5.41) is 3.56. The van der Waals surface area contributed by atoms with Crippen molar-refractivity contribution in [1.29, 1.82) is 0 Å². The minimum atomic E-state index is 0.441. The Balaban J connectivity index is 1.39. The van der Waals surface area contributed by atoms with E-state index in [9.17, 15) is 0 Å². The summed E-state index contributed by atoms with van der Waals surface area (Å²) in [7, 11) is 3.98. The number of aromatic nitrogens is 4. The van der Waals surface area contributed by atoms with Gasteiger partial charge < -0.3 is 15.1 Å². The Bertz CT molecular complexity index is 738. The van der Waals surface area contributed by atoms with Gasteiger partial charge >= 0.3 is 0 Å². The van der Waals surface area contributed by atoms with Crippen LogP contribution in [-0.4, -0.2) is 53.2 Å². The first-order valence-electron chi connectivity index (χ1n) is 9.04. The van der Waals surface area contributed by atoms with Crippen LogP contribution in [0, 0.1) is 0 Å². The summed E-state index contributed by atoms with van der Waals surface area (Å²) in [5.41, 5.74) is 2.63. The molecule has 0 spiro atoms. The van der Waals surface area contributed by atoms with Gasteiger partial charge in [0.25, 0.3) is 0 Å². The van der Waals surface area contributed by atoms with Crippen molar-refractivity contribution in [1.82, 2.24) is 19.9 Å². The van der Waals surface area contributed by atoms with Crippen molar-refractivity contribution in [2.24, 2.45) is 0 Å². The zero-order valence-electron chi connectivity index (χ0n) is 14.9. The number of nitrogens with zero attached hydrogens (tertiary/aromatic N) is 6. The molecule has 2 aliphatic rings. The molecule has 2 aromatic heterocycles. The van der Waals surface area contributed by atoms with Crippen LogP contribution in [-0.2, 0) is 12.8 Å². The lowest BCUT2D eigenvalue weighted by Crippen LogP contribution is -2.40. The molecule has 132 valence electrons. The molecule has 1 saturated heterocycles. The van der Waals surface area contributed by atoms with Gasteiger partial charge in [-0.1, -0.05) is 0 Å². The third kappa shape index (κ3) is 3.36. The maximum atomic E-state index is 4.58. The molecule has 7 nitrogen and oxygen atoms in total. The molecule has 0 aromatic carbocycles. The van der Waals surface area contributed by atoms with Crippen LogP contribution in [0.2, 0.25) is 0 Å². The number of anilines is 3. The quantitative estimate of drug-likeness (QED) is 0.912. The molecule has 1 N–H and O–H groups in total. The Kier molecular flexibility index (Phi) is 4.38. The van der Waals surface area contributed by atoms with E-state index in [1.54, 1.807) is 12.7 Å². The molecular weight excluding hydrogens is 314 g/mol. The third-order valence-electron chi connectivity index (χ3n) is 5.11. The molecule has 0 radical (unpaired) electrons. The normalized spacial score (nSPS) is 17.4. The lowest BCUT2D eigenvalue weighted by Gasteiger charge is -2.34. The zero-order chi connectivity index (χ0) is 17.2. The van der Waals surface area contributed by atoms with E-state index in [-0.39, 0.29) is 0 Å². The number of hydrogen-bond donors (Lipinski definition) is 1. The standard InChI is InChI=1S/C18H25N7/c1-24(2)17-10-16(20-12-21-17)23-13-6-8-25(9-7-13)18-14-4-3-5-15(14)19-11-22-18/h10-13H,3-9H2,1-2H3,(H,20,21,23). The molecule has 1 aliphatic carbocycles. The van der Waals surface area contributed by atoms with Crippen LogP contribution in [0.3, 0.4) is 0 Å². The predicted molar refractivity (Wildman–Crippen MR) is 99.3 cm³/mol. The SMILES string of the molecule is CN(C)c1cc(NC2CCN(c3ncnc4c3CCC4)CC2)ncn1. The van der Waals surface area contributed by atoms with Gasteiger partial charge in [0.05, 0.1) is 0 Å². The number of aryl methyl sites for hydroxylation is 1. The minimum absolute atomic E-state index is 0.441. The van der Waals surface area contributed by atoms with E-state index in [0.717, 1.165) is 56.2 Å². The van der Waals surface area contributed by atoms with Crippen LogP contribution in [0.25, 0.3) is 0 Å². The number of nitrogens with one attached hydrogen (secondary N) is 1. The second-order valence-electron chi connectivity index (χ2n) is 7.04. The Labute approximate surface area is 148 Å². The molecule has 2 aromatic rings. The van der Waals surface area contributed by atoms with Gasteiger partial charge in [0.2, 0.25) is 0 Å².